The quantitative estimate of drug-likeness (QED) is 0.765. The van der Waals surface area contributed by atoms with Crippen molar-refractivity contribution in [1.29, 1.82) is 0 Å². The molecular formula is C19H19N3O3S. The van der Waals surface area contributed by atoms with E-state index in [2.05, 4.69) is 4.98 Å². The average molecular weight is 369 g/mol. The molecule has 1 aromatic heterocycles. The van der Waals surface area contributed by atoms with Crippen molar-refractivity contribution >= 4 is 26.8 Å². The van der Waals surface area contributed by atoms with E-state index in [1.165, 1.54) is 12.1 Å². The summed E-state index contributed by atoms with van der Waals surface area (Å²) in [4.78, 5) is 18.8. The molecule has 0 radical (unpaired) electrons. The summed E-state index contributed by atoms with van der Waals surface area (Å²) in [6.07, 6.45) is 0. The number of nitrogens with two attached hydrogens (primary N) is 1. The molecule has 2 aromatic carbocycles. The molecule has 0 saturated heterocycles. The minimum Gasteiger partial charge on any atom is -0.334 e. The van der Waals surface area contributed by atoms with Crippen LogP contribution in [0, 0.1) is 0 Å². The fourth-order valence-corrected chi connectivity index (χ4v) is 3.22. The van der Waals surface area contributed by atoms with E-state index in [4.69, 9.17) is 5.14 Å². The average Bonchev–Trinajstić information content (AvgIpc) is 2.65. The molecule has 3 rings (SSSR count). The number of benzene rings is 2. The second-order valence-corrected chi connectivity index (χ2v) is 7.66. The predicted octanol–water partition coefficient (Wildman–Crippen LogP) is 2.72. The highest BCUT2D eigenvalue weighted by atomic mass is 32.2. The fraction of sp³-hybridized carbons (Fsp3) is 0.158. The van der Waals surface area contributed by atoms with Gasteiger partial charge in [-0.05, 0) is 36.8 Å². The molecule has 26 heavy (non-hydrogen) atoms. The second kappa shape index (κ2) is 6.86. The van der Waals surface area contributed by atoms with Crippen LogP contribution < -0.4 is 5.14 Å². The van der Waals surface area contributed by atoms with Crippen LogP contribution in [0.2, 0.25) is 0 Å². The zero-order chi connectivity index (χ0) is 18.9. The van der Waals surface area contributed by atoms with E-state index < -0.39 is 10.0 Å². The van der Waals surface area contributed by atoms with Crippen LogP contribution in [0.15, 0.2) is 65.6 Å². The Kier molecular flexibility index (Phi) is 4.76. The van der Waals surface area contributed by atoms with Crippen molar-refractivity contribution in [2.24, 2.45) is 5.14 Å². The van der Waals surface area contributed by atoms with Crippen molar-refractivity contribution in [3.8, 4) is 0 Å². The first kappa shape index (κ1) is 18.0. The van der Waals surface area contributed by atoms with E-state index in [0.29, 0.717) is 5.69 Å². The van der Waals surface area contributed by atoms with Gasteiger partial charge in [0, 0.05) is 12.4 Å². The topological polar surface area (TPSA) is 93.4 Å². The number of rotatable bonds is 4. The van der Waals surface area contributed by atoms with Crippen LogP contribution in [0.25, 0.3) is 10.9 Å². The summed E-state index contributed by atoms with van der Waals surface area (Å²) in [6, 6.07) is 17.1. The number of para-hydroxylation sites is 1. The number of sulfonamides is 1. The summed E-state index contributed by atoms with van der Waals surface area (Å²) >= 11 is 0. The van der Waals surface area contributed by atoms with Gasteiger partial charge in [-0.3, -0.25) is 4.79 Å². The van der Waals surface area contributed by atoms with Gasteiger partial charge < -0.3 is 4.90 Å². The Morgan fingerprint density at radius 1 is 1.04 bits per heavy atom. The highest BCUT2D eigenvalue weighted by Crippen LogP contribution is 2.22. The lowest BCUT2D eigenvalue weighted by Crippen LogP contribution is -2.30. The third kappa shape index (κ3) is 3.58. The molecule has 0 aliphatic rings. The van der Waals surface area contributed by atoms with Gasteiger partial charge in [0.05, 0.1) is 16.5 Å². The molecule has 0 spiro atoms. The Bertz CT molecular complexity index is 1060. The summed E-state index contributed by atoms with van der Waals surface area (Å²) < 4.78 is 22.7. The monoisotopic (exact) mass is 369 g/mol. The molecule has 0 aliphatic carbocycles. The number of carbonyl (C=O) groups excluding carboxylic acids is 1. The standard InChI is InChI=1S/C19H19N3O3S/c1-13(14-7-10-16(11-8-14)26(20,24)25)22(2)19(23)18-12-9-15-5-3-4-6-17(15)21-18/h3-13H,1-2H3,(H2,20,24,25)/t13-/m0/s1. The smallest absolute Gasteiger partial charge is 0.272 e. The van der Waals surface area contributed by atoms with Gasteiger partial charge in [-0.2, -0.15) is 0 Å². The van der Waals surface area contributed by atoms with Gasteiger partial charge in [0.15, 0.2) is 0 Å². The van der Waals surface area contributed by atoms with Crippen LogP contribution in [0.5, 0.6) is 0 Å². The molecule has 0 fully saturated rings. The maximum absolute atomic E-state index is 12.8. The molecule has 2 N–H and O–H groups in total. The number of fused-ring (bicyclic) bond motifs is 1. The van der Waals surface area contributed by atoms with Crippen LogP contribution >= 0.6 is 0 Å². The molecule has 0 bridgehead atoms. The first-order chi connectivity index (χ1) is 12.3. The number of primary sulfonamides is 1. The van der Waals surface area contributed by atoms with Gasteiger partial charge in [-0.15, -0.1) is 0 Å². The predicted molar refractivity (Wildman–Crippen MR) is 100 cm³/mol. The molecule has 6 nitrogen and oxygen atoms in total. The molecule has 0 aliphatic heterocycles. The fourth-order valence-electron chi connectivity index (χ4n) is 2.70. The number of pyridine rings is 1. The molecular weight excluding hydrogens is 350 g/mol. The maximum Gasteiger partial charge on any atom is 0.272 e. The van der Waals surface area contributed by atoms with Crippen LogP contribution in [0.4, 0.5) is 0 Å². The van der Waals surface area contributed by atoms with E-state index in [0.717, 1.165) is 16.5 Å². The van der Waals surface area contributed by atoms with Crippen molar-refractivity contribution in [1.82, 2.24) is 9.88 Å². The van der Waals surface area contributed by atoms with Gasteiger partial charge in [-0.1, -0.05) is 36.4 Å². The van der Waals surface area contributed by atoms with Crippen LogP contribution in [0.1, 0.15) is 29.0 Å². The summed E-state index contributed by atoms with van der Waals surface area (Å²) in [6.45, 7) is 1.87. The van der Waals surface area contributed by atoms with Crippen molar-refractivity contribution in [2.75, 3.05) is 7.05 Å². The van der Waals surface area contributed by atoms with Crippen molar-refractivity contribution in [3.63, 3.8) is 0 Å². The first-order valence-corrected chi connectivity index (χ1v) is 9.58. The van der Waals surface area contributed by atoms with Crippen molar-refractivity contribution in [2.45, 2.75) is 17.9 Å². The Hall–Kier alpha value is -2.77. The maximum atomic E-state index is 12.8. The lowest BCUT2D eigenvalue weighted by Gasteiger charge is -2.25. The lowest BCUT2D eigenvalue weighted by atomic mass is 10.1. The van der Waals surface area contributed by atoms with Crippen LogP contribution in [-0.4, -0.2) is 31.3 Å². The van der Waals surface area contributed by atoms with Gasteiger partial charge >= 0.3 is 0 Å². The molecule has 0 unspecified atom stereocenters. The number of hydrogen-bond donors (Lipinski definition) is 1. The van der Waals surface area contributed by atoms with E-state index in [-0.39, 0.29) is 16.8 Å². The zero-order valence-electron chi connectivity index (χ0n) is 14.5. The highest BCUT2D eigenvalue weighted by molar-refractivity contribution is 7.89. The minimum absolute atomic E-state index is 0.0404. The first-order valence-electron chi connectivity index (χ1n) is 8.03. The highest BCUT2D eigenvalue weighted by Gasteiger charge is 2.20. The number of amides is 1. The van der Waals surface area contributed by atoms with Crippen molar-refractivity contribution in [3.05, 3.63) is 71.9 Å². The summed E-state index contributed by atoms with van der Waals surface area (Å²) in [5.41, 5.74) is 1.92. The summed E-state index contributed by atoms with van der Waals surface area (Å²) in [7, 11) is -2.04. The normalized spacial score (nSPS) is 12.7. The molecule has 7 heteroatoms. The van der Waals surface area contributed by atoms with Gasteiger partial charge in [0.2, 0.25) is 10.0 Å². The summed E-state index contributed by atoms with van der Waals surface area (Å²) in [5.74, 6) is -0.209. The molecule has 1 amide bonds. The Morgan fingerprint density at radius 2 is 1.69 bits per heavy atom. The second-order valence-electron chi connectivity index (χ2n) is 6.10. The van der Waals surface area contributed by atoms with Gasteiger partial charge in [-0.25, -0.2) is 18.5 Å². The zero-order valence-corrected chi connectivity index (χ0v) is 15.3. The third-order valence-electron chi connectivity index (χ3n) is 4.41. The largest absolute Gasteiger partial charge is 0.334 e. The Labute approximate surface area is 152 Å². The number of hydrogen-bond acceptors (Lipinski definition) is 4. The van der Waals surface area contributed by atoms with E-state index >= 15 is 0 Å². The Balaban J connectivity index is 1.84. The Morgan fingerprint density at radius 3 is 2.35 bits per heavy atom. The van der Waals surface area contributed by atoms with Gasteiger partial charge in [0.1, 0.15) is 5.69 Å². The number of nitrogens with zero attached hydrogens (tertiary/aromatic N) is 2. The molecule has 1 heterocycles. The van der Waals surface area contributed by atoms with E-state index in [1.54, 1.807) is 30.1 Å². The van der Waals surface area contributed by atoms with Crippen LogP contribution in [-0.2, 0) is 10.0 Å². The minimum atomic E-state index is -3.74. The van der Waals surface area contributed by atoms with E-state index in [1.807, 2.05) is 37.3 Å². The van der Waals surface area contributed by atoms with Crippen molar-refractivity contribution < 1.29 is 13.2 Å². The SMILES string of the molecule is C[C@@H](c1ccc(S(N)(=O)=O)cc1)N(C)C(=O)c1ccc2ccccc2n1. The van der Waals surface area contributed by atoms with Crippen LogP contribution in [0.3, 0.4) is 0 Å². The molecule has 3 aromatic rings. The molecule has 134 valence electrons. The van der Waals surface area contributed by atoms with E-state index in [9.17, 15) is 13.2 Å². The molecule has 0 saturated carbocycles. The number of carbonyl (C=O) groups is 1. The lowest BCUT2D eigenvalue weighted by molar-refractivity contribution is 0.0737. The molecule has 1 atom stereocenters. The summed E-state index contributed by atoms with van der Waals surface area (Å²) in [5, 5.41) is 6.08. The third-order valence-corrected chi connectivity index (χ3v) is 5.34. The number of aromatic nitrogens is 1. The van der Waals surface area contributed by atoms with Gasteiger partial charge in [0.25, 0.3) is 5.91 Å².